The van der Waals surface area contributed by atoms with E-state index in [1.807, 2.05) is 36.4 Å². The van der Waals surface area contributed by atoms with Gasteiger partial charge in [0.2, 0.25) is 17.6 Å². The minimum absolute atomic E-state index is 0. The molecular formula is C33H36N10O3. The Morgan fingerprint density at radius 1 is 0.935 bits per heavy atom. The molecular weight excluding hydrogens is 584 g/mol. The predicted molar refractivity (Wildman–Crippen MR) is 173 cm³/mol. The first kappa shape index (κ1) is 31.7. The molecule has 2 aromatic carbocycles. The second kappa shape index (κ2) is 14.8. The van der Waals surface area contributed by atoms with Gasteiger partial charge in [0.05, 0.1) is 18.9 Å². The number of carbonyl (C=O) groups is 1. The summed E-state index contributed by atoms with van der Waals surface area (Å²) in [5.74, 6) is 3.44. The third-order valence-electron chi connectivity index (χ3n) is 7.33. The first-order valence-electron chi connectivity index (χ1n) is 14.6. The average Bonchev–Trinajstić information content (AvgIpc) is 4.06. The summed E-state index contributed by atoms with van der Waals surface area (Å²) in [6.45, 7) is 1.10. The molecule has 2 aliphatic carbocycles. The summed E-state index contributed by atoms with van der Waals surface area (Å²) in [7, 11) is 0. The van der Waals surface area contributed by atoms with E-state index in [0.29, 0.717) is 36.2 Å². The van der Waals surface area contributed by atoms with E-state index < -0.39 is 0 Å². The Labute approximate surface area is 266 Å². The van der Waals surface area contributed by atoms with Crippen LogP contribution in [0.3, 0.4) is 0 Å². The molecule has 0 aliphatic heterocycles. The van der Waals surface area contributed by atoms with Crippen molar-refractivity contribution in [2.45, 2.75) is 52.1 Å². The van der Waals surface area contributed by atoms with Crippen LogP contribution in [0.5, 0.6) is 0 Å². The summed E-state index contributed by atoms with van der Waals surface area (Å²) < 4.78 is 5.33. The van der Waals surface area contributed by atoms with Crippen LogP contribution >= 0.6 is 0 Å². The number of oxime groups is 1. The molecule has 2 fully saturated rings. The lowest BCUT2D eigenvalue weighted by molar-refractivity contribution is -0.119. The molecule has 13 heteroatoms. The number of benzene rings is 2. The maximum absolute atomic E-state index is 12.7. The van der Waals surface area contributed by atoms with Crippen molar-refractivity contribution in [2.75, 3.05) is 10.2 Å². The van der Waals surface area contributed by atoms with E-state index in [2.05, 4.69) is 40.5 Å². The van der Waals surface area contributed by atoms with Gasteiger partial charge in [0, 0.05) is 54.3 Å². The van der Waals surface area contributed by atoms with Crippen LogP contribution in [-0.4, -0.2) is 47.0 Å². The minimum atomic E-state index is 0. The first-order valence-corrected chi connectivity index (χ1v) is 14.6. The molecule has 0 spiro atoms. The molecule has 3 aromatic heterocycles. The molecule has 5 aromatic rings. The third-order valence-corrected chi connectivity index (χ3v) is 7.33. The Kier molecular flexibility index (Phi) is 10.2. The van der Waals surface area contributed by atoms with E-state index in [1.165, 1.54) is 0 Å². The number of nitrogens with one attached hydrogen (secondary N) is 1. The van der Waals surface area contributed by atoms with E-state index >= 15 is 0 Å². The number of aromatic nitrogens is 6. The van der Waals surface area contributed by atoms with Crippen LogP contribution in [0.4, 0.5) is 11.6 Å². The zero-order valence-corrected chi connectivity index (χ0v) is 24.4. The number of anilines is 2. The number of carbonyl (C=O) groups excluding carboxylic acids is 1. The summed E-state index contributed by atoms with van der Waals surface area (Å²) >= 11 is 0. The van der Waals surface area contributed by atoms with Crippen LogP contribution in [0.1, 0.15) is 61.6 Å². The molecule has 2 saturated carbocycles. The van der Waals surface area contributed by atoms with Crippen LogP contribution in [0.25, 0.3) is 11.4 Å². The number of hydrogen-bond acceptors (Lipinski definition) is 11. The summed E-state index contributed by atoms with van der Waals surface area (Å²) in [5.41, 5.74) is 9.15. The van der Waals surface area contributed by atoms with Crippen molar-refractivity contribution in [2.24, 2.45) is 16.8 Å². The fraction of sp³-hybridized carbons (Fsp3) is 0.273. The number of amidine groups is 1. The number of hydrogen-bond donors (Lipinski definition) is 3. The smallest absolute Gasteiger partial charge is 0.231 e. The van der Waals surface area contributed by atoms with Crippen molar-refractivity contribution >= 4 is 23.4 Å². The second-order valence-electron chi connectivity index (χ2n) is 10.8. The minimum Gasteiger partial charge on any atom is -0.409 e. The molecule has 7 rings (SSSR count). The molecule has 0 bridgehead atoms. The lowest BCUT2D eigenvalue weighted by Crippen LogP contribution is -2.32. The largest absolute Gasteiger partial charge is 0.409 e. The zero-order chi connectivity index (χ0) is 31.0. The maximum atomic E-state index is 12.7. The molecule has 46 heavy (non-hydrogen) atoms. The highest BCUT2D eigenvalue weighted by molar-refractivity contribution is 5.97. The van der Waals surface area contributed by atoms with Crippen molar-refractivity contribution in [3.63, 3.8) is 0 Å². The van der Waals surface area contributed by atoms with Crippen molar-refractivity contribution in [1.29, 1.82) is 0 Å². The van der Waals surface area contributed by atoms with E-state index in [0.717, 1.165) is 54.1 Å². The van der Waals surface area contributed by atoms with Gasteiger partial charge in [-0.15, -0.1) is 0 Å². The highest BCUT2D eigenvalue weighted by Gasteiger charge is 2.34. The van der Waals surface area contributed by atoms with Crippen LogP contribution in [-0.2, 0) is 17.9 Å². The fourth-order valence-corrected chi connectivity index (χ4v) is 4.48. The van der Waals surface area contributed by atoms with Gasteiger partial charge in [0.1, 0.15) is 5.82 Å². The summed E-state index contributed by atoms with van der Waals surface area (Å²) in [6.07, 6.45) is 13.9. The average molecular weight is 621 g/mol. The van der Waals surface area contributed by atoms with Crippen molar-refractivity contribution in [1.82, 2.24) is 30.1 Å². The normalized spacial score (nSPS) is 14.0. The van der Waals surface area contributed by atoms with Crippen molar-refractivity contribution < 1.29 is 14.5 Å². The van der Waals surface area contributed by atoms with Gasteiger partial charge >= 0.3 is 0 Å². The van der Waals surface area contributed by atoms with Crippen LogP contribution in [0.15, 0.2) is 95.4 Å². The molecule has 4 N–H and O–H groups in total. The second-order valence-corrected chi connectivity index (χ2v) is 10.8. The molecule has 2 aliphatic rings. The molecule has 3 heterocycles. The Morgan fingerprint density at radius 3 is 2.24 bits per heavy atom. The van der Waals surface area contributed by atoms with Gasteiger partial charge in [-0.05, 0) is 36.8 Å². The van der Waals surface area contributed by atoms with Crippen LogP contribution < -0.4 is 16.0 Å². The highest BCUT2D eigenvalue weighted by atomic mass is 16.5. The van der Waals surface area contributed by atoms with Gasteiger partial charge in [-0.3, -0.25) is 19.7 Å². The monoisotopic (exact) mass is 620 g/mol. The third kappa shape index (κ3) is 8.25. The van der Waals surface area contributed by atoms with E-state index in [1.54, 1.807) is 54.2 Å². The number of amides is 1. The van der Waals surface area contributed by atoms with Crippen LogP contribution in [0, 0.1) is 5.92 Å². The Balaban J connectivity index is 0.000000193. The Hall–Kier alpha value is -5.72. The molecule has 0 unspecified atom stereocenters. The van der Waals surface area contributed by atoms with Crippen molar-refractivity contribution in [3.05, 3.63) is 108 Å². The maximum Gasteiger partial charge on any atom is 0.231 e. The molecule has 0 radical (unpaired) electrons. The van der Waals surface area contributed by atoms with Gasteiger partial charge in [0.15, 0.2) is 11.7 Å². The SMILES string of the molecule is C.NC(=NO)c1ccc(CNc2cnccn2)cc1.O=C(C1CC1)N(Cc1ccc(-c2noc(C3CC3)n2)cc1)c1cnccn1. The Morgan fingerprint density at radius 2 is 1.63 bits per heavy atom. The van der Waals surface area contributed by atoms with E-state index in [-0.39, 0.29) is 25.1 Å². The zero-order valence-electron chi connectivity index (χ0n) is 24.4. The van der Waals surface area contributed by atoms with Gasteiger partial charge in [-0.25, -0.2) is 9.97 Å². The topological polar surface area (TPSA) is 181 Å². The fourth-order valence-electron chi connectivity index (χ4n) is 4.48. The molecule has 0 atom stereocenters. The summed E-state index contributed by atoms with van der Waals surface area (Å²) in [6, 6.07) is 15.3. The molecule has 13 nitrogen and oxygen atoms in total. The van der Waals surface area contributed by atoms with Gasteiger partial charge < -0.3 is 20.8 Å². The van der Waals surface area contributed by atoms with E-state index in [4.69, 9.17) is 15.5 Å². The Bertz CT molecular complexity index is 1720. The van der Waals surface area contributed by atoms with Gasteiger partial charge in [-0.1, -0.05) is 66.3 Å². The molecule has 236 valence electrons. The lowest BCUT2D eigenvalue weighted by Gasteiger charge is -2.21. The number of nitrogens with two attached hydrogens (primary N) is 1. The lowest BCUT2D eigenvalue weighted by atomic mass is 10.1. The van der Waals surface area contributed by atoms with Crippen LogP contribution in [0.2, 0.25) is 0 Å². The first-order chi connectivity index (χ1) is 22.1. The van der Waals surface area contributed by atoms with Crippen molar-refractivity contribution in [3.8, 4) is 11.4 Å². The predicted octanol–water partition coefficient (Wildman–Crippen LogP) is 5.17. The molecule has 0 saturated heterocycles. The summed E-state index contributed by atoms with van der Waals surface area (Å²) in [5, 5.41) is 18.7. The quantitative estimate of drug-likeness (QED) is 0.0811. The molecule has 1 amide bonds. The highest BCUT2D eigenvalue weighted by Crippen LogP contribution is 2.39. The number of nitrogens with zero attached hydrogens (tertiary/aromatic N) is 8. The number of rotatable bonds is 10. The van der Waals surface area contributed by atoms with Gasteiger partial charge in [0.25, 0.3) is 0 Å². The van der Waals surface area contributed by atoms with Gasteiger partial charge in [-0.2, -0.15) is 4.98 Å². The van der Waals surface area contributed by atoms with E-state index in [9.17, 15) is 4.79 Å². The standard InChI is InChI=1S/C20H19N5O2.C12H13N5O.CH4/c26-20(16-7-8-16)25(17-11-21-9-10-22-17)12-13-1-3-14(4-2-13)18-23-19(27-24-18)15-5-6-15;13-12(17-18)10-3-1-9(2-4-10)7-16-11-8-14-5-6-15-11;/h1-4,9-11,15-16H,5-8,12H2;1-6,8,18H,7H2,(H2,13,17)(H,15,16);1H4. The summed E-state index contributed by atoms with van der Waals surface area (Å²) in [4.78, 5) is 35.4.